The van der Waals surface area contributed by atoms with Crippen LogP contribution < -0.4 is 0 Å². The van der Waals surface area contributed by atoms with Gasteiger partial charge in [0.15, 0.2) is 0 Å². The highest BCUT2D eigenvalue weighted by Gasteiger charge is 2.25. The smallest absolute Gasteiger partial charge is 0.118 e. The van der Waals surface area contributed by atoms with Crippen LogP contribution in [0.5, 0.6) is 0 Å². The van der Waals surface area contributed by atoms with Crippen LogP contribution in [-0.4, -0.2) is 38.3 Å². The Morgan fingerprint density at radius 2 is 1.78 bits per heavy atom. The van der Waals surface area contributed by atoms with Gasteiger partial charge in [0, 0.05) is 19.6 Å². The number of ether oxygens (including phenoxy) is 2. The highest BCUT2D eigenvalue weighted by molar-refractivity contribution is 5.14. The molecule has 0 aromatic rings. The molecule has 0 radical (unpaired) electrons. The van der Waals surface area contributed by atoms with Crippen LogP contribution in [0.1, 0.15) is 41.5 Å². The monoisotopic (exact) mass is 257 g/mol. The first kappa shape index (κ1) is 17.3. The lowest BCUT2D eigenvalue weighted by atomic mass is 10.0. The van der Waals surface area contributed by atoms with Gasteiger partial charge in [-0.3, -0.25) is 0 Å². The largest absolute Gasteiger partial charge is 0.494 e. The van der Waals surface area contributed by atoms with E-state index in [2.05, 4.69) is 32.6 Å². The Kier molecular flexibility index (Phi) is 8.90. The van der Waals surface area contributed by atoms with E-state index in [1.54, 1.807) is 7.11 Å². The third-order valence-electron chi connectivity index (χ3n) is 2.85. The van der Waals surface area contributed by atoms with Crippen molar-refractivity contribution in [1.82, 2.24) is 4.90 Å². The van der Waals surface area contributed by atoms with Crippen molar-refractivity contribution in [2.45, 2.75) is 41.5 Å². The molecule has 0 amide bonds. The van der Waals surface area contributed by atoms with Crippen LogP contribution in [0, 0.1) is 11.8 Å². The average Bonchev–Trinajstić information content (AvgIpc) is 2.37. The zero-order chi connectivity index (χ0) is 14.1. The number of nitrogens with zero attached hydrogens (tertiary/aromatic N) is 1. The zero-order valence-electron chi connectivity index (χ0n) is 13.2. The van der Waals surface area contributed by atoms with Crippen LogP contribution in [-0.2, 0) is 9.47 Å². The number of rotatable bonds is 5. The van der Waals surface area contributed by atoms with Gasteiger partial charge in [0.1, 0.15) is 12.4 Å². The average molecular weight is 257 g/mol. The quantitative estimate of drug-likeness (QED) is 0.752. The van der Waals surface area contributed by atoms with E-state index in [0.717, 1.165) is 32.1 Å². The molecule has 0 aromatic carbocycles. The fourth-order valence-corrected chi connectivity index (χ4v) is 2.16. The Bertz CT molecular complexity index is 247. The van der Waals surface area contributed by atoms with Crippen LogP contribution in [0.4, 0.5) is 0 Å². The molecule has 0 spiro atoms. The molecule has 0 aromatic heterocycles. The lowest BCUT2D eigenvalue weighted by molar-refractivity contribution is 0.0813. The number of allylic oxidation sites excluding steroid dienone is 2. The van der Waals surface area contributed by atoms with E-state index in [1.165, 1.54) is 5.70 Å². The minimum atomic E-state index is 0.461. The number of hydrogen-bond donors (Lipinski definition) is 0. The molecule has 0 aliphatic carbocycles. The van der Waals surface area contributed by atoms with Gasteiger partial charge in [0.2, 0.25) is 0 Å². The van der Waals surface area contributed by atoms with Crippen LogP contribution in [0.2, 0.25) is 0 Å². The summed E-state index contributed by atoms with van der Waals surface area (Å²) in [4.78, 5) is 2.41. The molecule has 18 heavy (non-hydrogen) atoms. The Balaban J connectivity index is 0.00000137. The highest BCUT2D eigenvalue weighted by atomic mass is 16.5. The van der Waals surface area contributed by atoms with Crippen molar-refractivity contribution in [3.05, 3.63) is 11.5 Å². The molecule has 1 heterocycles. The predicted molar refractivity (Wildman–Crippen MR) is 77.5 cm³/mol. The van der Waals surface area contributed by atoms with Crippen LogP contribution >= 0.6 is 0 Å². The zero-order valence-corrected chi connectivity index (χ0v) is 13.2. The van der Waals surface area contributed by atoms with Crippen LogP contribution in [0.3, 0.4) is 0 Å². The minimum Gasteiger partial charge on any atom is -0.494 e. The van der Waals surface area contributed by atoms with Crippen molar-refractivity contribution in [3.8, 4) is 0 Å². The molecule has 1 aliphatic rings. The normalized spacial score (nSPS) is 15.7. The summed E-state index contributed by atoms with van der Waals surface area (Å²) < 4.78 is 11.0. The topological polar surface area (TPSA) is 21.7 Å². The molecule has 0 unspecified atom stereocenters. The Hall–Kier alpha value is -0.700. The summed E-state index contributed by atoms with van der Waals surface area (Å²) in [5, 5.41) is 0. The maximum Gasteiger partial charge on any atom is 0.118 e. The lowest BCUT2D eigenvalue weighted by Gasteiger charge is -2.37. The summed E-state index contributed by atoms with van der Waals surface area (Å²) in [7, 11) is 1.75. The van der Waals surface area contributed by atoms with Crippen molar-refractivity contribution < 1.29 is 9.47 Å². The standard InChI is InChI=1S/C13H25NO2.C2H6/c1-10(2)12-13(11(3)4)16-9-7-14(12)6-8-15-5;1-2/h10-11H,6-9H2,1-5H3;1-2H3. The molecule has 1 aliphatic heterocycles. The summed E-state index contributed by atoms with van der Waals surface area (Å²) in [6.07, 6.45) is 0. The van der Waals surface area contributed by atoms with Crippen molar-refractivity contribution in [3.63, 3.8) is 0 Å². The molecule has 0 N–H and O–H groups in total. The van der Waals surface area contributed by atoms with E-state index in [1.807, 2.05) is 13.8 Å². The maximum absolute atomic E-state index is 5.82. The fourth-order valence-electron chi connectivity index (χ4n) is 2.16. The molecule has 0 fully saturated rings. The maximum atomic E-state index is 5.82. The molecule has 108 valence electrons. The summed E-state index contributed by atoms with van der Waals surface area (Å²) >= 11 is 0. The second-order valence-corrected chi connectivity index (χ2v) is 4.89. The van der Waals surface area contributed by atoms with Crippen molar-refractivity contribution >= 4 is 0 Å². The van der Waals surface area contributed by atoms with Crippen molar-refractivity contribution in [2.24, 2.45) is 11.8 Å². The second kappa shape index (κ2) is 9.26. The molecule has 1 rings (SSSR count). The summed E-state index contributed by atoms with van der Waals surface area (Å²) in [5.74, 6) is 2.13. The molecular weight excluding hydrogens is 226 g/mol. The van der Waals surface area contributed by atoms with Gasteiger partial charge in [0.25, 0.3) is 0 Å². The molecule has 0 atom stereocenters. The Morgan fingerprint density at radius 3 is 2.22 bits per heavy atom. The third kappa shape index (κ3) is 4.89. The highest BCUT2D eigenvalue weighted by Crippen LogP contribution is 2.28. The fraction of sp³-hybridized carbons (Fsp3) is 0.867. The van der Waals surface area contributed by atoms with E-state index in [-0.39, 0.29) is 0 Å². The van der Waals surface area contributed by atoms with Gasteiger partial charge in [0.05, 0.1) is 18.8 Å². The van der Waals surface area contributed by atoms with Gasteiger partial charge >= 0.3 is 0 Å². The summed E-state index contributed by atoms with van der Waals surface area (Å²) in [6, 6.07) is 0. The molecule has 0 saturated carbocycles. The Morgan fingerprint density at radius 1 is 1.17 bits per heavy atom. The van der Waals surface area contributed by atoms with E-state index >= 15 is 0 Å². The van der Waals surface area contributed by atoms with Gasteiger partial charge in [-0.2, -0.15) is 0 Å². The van der Waals surface area contributed by atoms with Crippen LogP contribution in [0.15, 0.2) is 11.5 Å². The number of hydrogen-bond acceptors (Lipinski definition) is 3. The van der Waals surface area contributed by atoms with E-state index in [9.17, 15) is 0 Å². The molecule has 3 heteroatoms. The molecule has 0 saturated heterocycles. The number of methoxy groups -OCH3 is 1. The van der Waals surface area contributed by atoms with Gasteiger partial charge in [-0.25, -0.2) is 0 Å². The van der Waals surface area contributed by atoms with E-state index < -0.39 is 0 Å². The molecule has 0 bridgehead atoms. The molecule has 3 nitrogen and oxygen atoms in total. The second-order valence-electron chi connectivity index (χ2n) is 4.89. The summed E-state index contributed by atoms with van der Waals surface area (Å²) in [6.45, 7) is 16.4. The summed E-state index contributed by atoms with van der Waals surface area (Å²) in [5.41, 5.74) is 1.36. The third-order valence-corrected chi connectivity index (χ3v) is 2.85. The van der Waals surface area contributed by atoms with Crippen molar-refractivity contribution in [2.75, 3.05) is 33.4 Å². The van der Waals surface area contributed by atoms with Gasteiger partial charge in [-0.1, -0.05) is 41.5 Å². The van der Waals surface area contributed by atoms with E-state index in [0.29, 0.717) is 11.8 Å². The predicted octanol–water partition coefficient (Wildman–Crippen LogP) is 3.51. The van der Waals surface area contributed by atoms with Gasteiger partial charge < -0.3 is 14.4 Å². The first-order valence-corrected chi connectivity index (χ1v) is 7.18. The lowest BCUT2D eigenvalue weighted by Crippen LogP contribution is -2.37. The van der Waals surface area contributed by atoms with Crippen LogP contribution in [0.25, 0.3) is 0 Å². The molecular formula is C15H31NO2. The minimum absolute atomic E-state index is 0.461. The van der Waals surface area contributed by atoms with Gasteiger partial charge in [-0.05, 0) is 5.92 Å². The van der Waals surface area contributed by atoms with E-state index in [4.69, 9.17) is 9.47 Å². The SMILES string of the molecule is CC.COCCN1CCOC(C(C)C)=C1C(C)C. The van der Waals surface area contributed by atoms with Crippen molar-refractivity contribution in [1.29, 1.82) is 0 Å². The first-order valence-electron chi connectivity index (χ1n) is 7.18. The van der Waals surface area contributed by atoms with Gasteiger partial charge in [-0.15, -0.1) is 0 Å². The Labute approximate surface area is 113 Å². The first-order chi connectivity index (χ1) is 8.57.